The SMILES string of the molecule is NCC1CCCCC1OCC(=O)Nc1cccc(Br)c1. The zero-order chi connectivity index (χ0) is 14.4. The van der Waals surface area contributed by atoms with E-state index in [0.29, 0.717) is 12.5 Å². The van der Waals surface area contributed by atoms with Gasteiger partial charge in [0, 0.05) is 10.2 Å². The first-order chi connectivity index (χ1) is 9.69. The highest BCUT2D eigenvalue weighted by Gasteiger charge is 2.25. The van der Waals surface area contributed by atoms with Gasteiger partial charge in [0.2, 0.25) is 5.91 Å². The molecular formula is C15H21BrN2O2. The number of halogens is 1. The maximum Gasteiger partial charge on any atom is 0.250 e. The van der Waals surface area contributed by atoms with Crippen molar-refractivity contribution in [2.45, 2.75) is 31.8 Å². The van der Waals surface area contributed by atoms with Crippen molar-refractivity contribution in [2.75, 3.05) is 18.5 Å². The fourth-order valence-electron chi connectivity index (χ4n) is 2.61. The van der Waals surface area contributed by atoms with Crippen LogP contribution in [0.5, 0.6) is 0 Å². The fraction of sp³-hybridized carbons (Fsp3) is 0.533. The number of hydrogen-bond acceptors (Lipinski definition) is 3. The number of nitrogens with two attached hydrogens (primary N) is 1. The summed E-state index contributed by atoms with van der Waals surface area (Å²) >= 11 is 3.37. The average molecular weight is 341 g/mol. The van der Waals surface area contributed by atoms with Crippen molar-refractivity contribution in [1.82, 2.24) is 0 Å². The van der Waals surface area contributed by atoms with E-state index < -0.39 is 0 Å². The molecule has 20 heavy (non-hydrogen) atoms. The Balaban J connectivity index is 1.79. The molecule has 0 radical (unpaired) electrons. The van der Waals surface area contributed by atoms with Crippen molar-refractivity contribution >= 4 is 27.5 Å². The predicted octanol–water partition coefficient (Wildman–Crippen LogP) is 2.92. The summed E-state index contributed by atoms with van der Waals surface area (Å²) in [6.45, 7) is 0.728. The largest absolute Gasteiger partial charge is 0.368 e. The number of hydrogen-bond donors (Lipinski definition) is 2. The normalized spacial score (nSPS) is 22.5. The van der Waals surface area contributed by atoms with Crippen LogP contribution in [0.15, 0.2) is 28.7 Å². The molecule has 0 aliphatic heterocycles. The summed E-state index contributed by atoms with van der Waals surface area (Å²) in [5.74, 6) is 0.270. The molecular weight excluding hydrogens is 320 g/mol. The minimum absolute atomic E-state index is 0.0910. The monoisotopic (exact) mass is 340 g/mol. The molecule has 110 valence electrons. The first-order valence-corrected chi connectivity index (χ1v) is 7.85. The first kappa shape index (κ1) is 15.5. The van der Waals surface area contributed by atoms with E-state index in [-0.39, 0.29) is 18.6 Å². The number of anilines is 1. The minimum Gasteiger partial charge on any atom is -0.368 e. The molecule has 2 rings (SSSR count). The lowest BCUT2D eigenvalue weighted by Crippen LogP contribution is -2.35. The zero-order valence-corrected chi connectivity index (χ0v) is 13.1. The van der Waals surface area contributed by atoms with Crippen LogP contribution >= 0.6 is 15.9 Å². The second-order valence-corrected chi connectivity index (χ2v) is 6.10. The lowest BCUT2D eigenvalue weighted by atomic mass is 9.86. The van der Waals surface area contributed by atoms with Gasteiger partial charge in [0.15, 0.2) is 0 Å². The number of carbonyl (C=O) groups is 1. The molecule has 1 aromatic carbocycles. The van der Waals surface area contributed by atoms with Gasteiger partial charge in [0.1, 0.15) is 6.61 Å². The Morgan fingerprint density at radius 2 is 2.20 bits per heavy atom. The Labute approximate surface area is 128 Å². The van der Waals surface area contributed by atoms with Crippen LogP contribution in [-0.4, -0.2) is 25.2 Å². The summed E-state index contributed by atoms with van der Waals surface area (Å²) in [5.41, 5.74) is 6.52. The summed E-state index contributed by atoms with van der Waals surface area (Å²) < 4.78 is 6.68. The molecule has 0 aromatic heterocycles. The van der Waals surface area contributed by atoms with Crippen LogP contribution < -0.4 is 11.1 Å². The van der Waals surface area contributed by atoms with Crippen LogP contribution in [0.3, 0.4) is 0 Å². The van der Waals surface area contributed by atoms with E-state index >= 15 is 0 Å². The van der Waals surface area contributed by atoms with Crippen molar-refractivity contribution in [3.63, 3.8) is 0 Å². The van der Waals surface area contributed by atoms with Gasteiger partial charge < -0.3 is 15.8 Å². The Kier molecular flexibility index (Phi) is 6.01. The molecule has 3 N–H and O–H groups in total. The molecule has 5 heteroatoms. The maximum absolute atomic E-state index is 11.9. The quantitative estimate of drug-likeness (QED) is 0.866. The van der Waals surface area contributed by atoms with Crippen LogP contribution in [0.25, 0.3) is 0 Å². The third-order valence-corrected chi connectivity index (χ3v) is 4.17. The van der Waals surface area contributed by atoms with Crippen LogP contribution in [-0.2, 0) is 9.53 Å². The van der Waals surface area contributed by atoms with E-state index in [2.05, 4.69) is 21.2 Å². The van der Waals surface area contributed by atoms with Gasteiger partial charge in [0.25, 0.3) is 0 Å². The molecule has 4 nitrogen and oxygen atoms in total. The first-order valence-electron chi connectivity index (χ1n) is 7.06. The molecule has 1 saturated carbocycles. The van der Waals surface area contributed by atoms with Gasteiger partial charge >= 0.3 is 0 Å². The Hall–Kier alpha value is -0.910. The molecule has 0 bridgehead atoms. The van der Waals surface area contributed by atoms with E-state index in [1.54, 1.807) is 0 Å². The molecule has 1 aliphatic rings. The number of nitrogens with one attached hydrogen (secondary N) is 1. The molecule has 1 aliphatic carbocycles. The smallest absolute Gasteiger partial charge is 0.250 e. The maximum atomic E-state index is 11.9. The van der Waals surface area contributed by atoms with Gasteiger partial charge in [-0.3, -0.25) is 4.79 Å². The van der Waals surface area contributed by atoms with E-state index in [1.807, 2.05) is 24.3 Å². The zero-order valence-electron chi connectivity index (χ0n) is 11.5. The van der Waals surface area contributed by atoms with Crippen molar-refractivity contribution < 1.29 is 9.53 Å². The number of benzene rings is 1. The third-order valence-electron chi connectivity index (χ3n) is 3.68. The Morgan fingerprint density at radius 1 is 1.40 bits per heavy atom. The van der Waals surface area contributed by atoms with Crippen molar-refractivity contribution in [3.05, 3.63) is 28.7 Å². The van der Waals surface area contributed by atoms with Crippen molar-refractivity contribution in [2.24, 2.45) is 11.7 Å². The highest BCUT2D eigenvalue weighted by Crippen LogP contribution is 2.26. The number of ether oxygens (including phenoxy) is 1. The molecule has 2 unspecified atom stereocenters. The second kappa shape index (κ2) is 7.76. The van der Waals surface area contributed by atoms with Gasteiger partial charge in [-0.1, -0.05) is 34.8 Å². The number of carbonyl (C=O) groups excluding carboxylic acids is 1. The molecule has 1 fully saturated rings. The number of rotatable bonds is 5. The van der Waals surface area contributed by atoms with Crippen molar-refractivity contribution in [1.29, 1.82) is 0 Å². The summed E-state index contributed by atoms with van der Waals surface area (Å²) in [6.07, 6.45) is 4.61. The fourth-order valence-corrected chi connectivity index (χ4v) is 3.01. The van der Waals surface area contributed by atoms with E-state index in [0.717, 1.165) is 29.4 Å². The van der Waals surface area contributed by atoms with Gasteiger partial charge in [-0.25, -0.2) is 0 Å². The van der Waals surface area contributed by atoms with E-state index in [4.69, 9.17) is 10.5 Å². The van der Waals surface area contributed by atoms with E-state index in [1.165, 1.54) is 6.42 Å². The number of amides is 1. The average Bonchev–Trinajstić information content (AvgIpc) is 2.45. The predicted molar refractivity (Wildman–Crippen MR) is 83.5 cm³/mol. The topological polar surface area (TPSA) is 64.3 Å². The van der Waals surface area contributed by atoms with Crippen LogP contribution in [0, 0.1) is 5.92 Å². The van der Waals surface area contributed by atoms with Crippen LogP contribution in [0.2, 0.25) is 0 Å². The van der Waals surface area contributed by atoms with Crippen LogP contribution in [0.1, 0.15) is 25.7 Å². The summed E-state index contributed by atoms with van der Waals surface area (Å²) in [7, 11) is 0. The lowest BCUT2D eigenvalue weighted by molar-refractivity contribution is -0.124. The Morgan fingerprint density at radius 3 is 2.95 bits per heavy atom. The molecule has 0 saturated heterocycles. The lowest BCUT2D eigenvalue weighted by Gasteiger charge is -2.30. The van der Waals surface area contributed by atoms with E-state index in [9.17, 15) is 4.79 Å². The highest BCUT2D eigenvalue weighted by molar-refractivity contribution is 9.10. The molecule has 1 amide bonds. The Bertz CT molecular complexity index is 453. The van der Waals surface area contributed by atoms with Crippen molar-refractivity contribution in [3.8, 4) is 0 Å². The summed E-state index contributed by atoms with van der Waals surface area (Å²) in [4.78, 5) is 11.9. The van der Waals surface area contributed by atoms with Gasteiger partial charge in [-0.2, -0.15) is 0 Å². The molecule has 0 spiro atoms. The second-order valence-electron chi connectivity index (χ2n) is 5.19. The van der Waals surface area contributed by atoms with Gasteiger partial charge in [-0.05, 0) is 43.5 Å². The summed E-state index contributed by atoms with van der Waals surface area (Å²) in [5, 5.41) is 2.83. The van der Waals surface area contributed by atoms with Gasteiger partial charge in [0.05, 0.1) is 6.10 Å². The molecule has 0 heterocycles. The highest BCUT2D eigenvalue weighted by atomic mass is 79.9. The van der Waals surface area contributed by atoms with Crippen LogP contribution in [0.4, 0.5) is 5.69 Å². The molecule has 1 aromatic rings. The van der Waals surface area contributed by atoms with Gasteiger partial charge in [-0.15, -0.1) is 0 Å². The minimum atomic E-state index is -0.121. The summed E-state index contributed by atoms with van der Waals surface area (Å²) in [6, 6.07) is 7.51. The third kappa shape index (κ3) is 4.58. The molecule has 2 atom stereocenters. The standard InChI is InChI=1S/C15H21BrN2O2/c16-12-5-3-6-13(8-12)18-15(19)10-20-14-7-2-1-4-11(14)9-17/h3,5-6,8,11,14H,1-2,4,7,9-10,17H2,(H,18,19).